The number of rotatable bonds is 5. The lowest BCUT2D eigenvalue weighted by Gasteiger charge is -2.16. The highest BCUT2D eigenvalue weighted by Gasteiger charge is 2.27. The molecule has 1 atom stereocenters. The van der Waals surface area contributed by atoms with Crippen molar-refractivity contribution < 1.29 is 19.1 Å². The van der Waals surface area contributed by atoms with E-state index in [1.54, 1.807) is 7.11 Å². The number of benzene rings is 1. The molecule has 1 saturated carbocycles. The van der Waals surface area contributed by atoms with Crippen molar-refractivity contribution >= 4 is 11.6 Å². The van der Waals surface area contributed by atoms with Crippen LogP contribution in [0.25, 0.3) is 0 Å². The minimum Gasteiger partial charge on any atom is -0.493 e. The van der Waals surface area contributed by atoms with Gasteiger partial charge in [0.15, 0.2) is 11.5 Å². The maximum absolute atomic E-state index is 11.2. The van der Waals surface area contributed by atoms with Crippen LogP contribution in [0, 0.1) is 0 Å². The molecule has 6 heteroatoms. The first-order valence-corrected chi connectivity index (χ1v) is 7.54. The molecule has 1 amide bonds. The van der Waals surface area contributed by atoms with Crippen molar-refractivity contribution in [1.29, 1.82) is 0 Å². The fourth-order valence-corrected chi connectivity index (χ4v) is 2.83. The molecule has 1 aromatic rings. The van der Waals surface area contributed by atoms with Crippen molar-refractivity contribution in [3.63, 3.8) is 0 Å². The molecule has 0 radical (unpaired) electrons. The molecule has 1 unspecified atom stereocenters. The summed E-state index contributed by atoms with van der Waals surface area (Å²) in [5.74, 6) is 0.897. The second kappa shape index (κ2) is 6.25. The Labute approximate surface area is 129 Å². The van der Waals surface area contributed by atoms with Gasteiger partial charge < -0.3 is 20.0 Å². The normalized spacial score (nSPS) is 21.3. The van der Waals surface area contributed by atoms with Gasteiger partial charge in [0.05, 0.1) is 18.9 Å². The van der Waals surface area contributed by atoms with Gasteiger partial charge in [-0.05, 0) is 43.9 Å². The molecule has 1 aliphatic carbocycles. The molecule has 0 bridgehead atoms. The van der Waals surface area contributed by atoms with Gasteiger partial charge in [0.25, 0.3) is 5.91 Å². The van der Waals surface area contributed by atoms with Crippen molar-refractivity contribution in [2.75, 3.05) is 7.11 Å². The molecule has 6 nitrogen and oxygen atoms in total. The number of primary amides is 1. The average Bonchev–Trinajstić information content (AvgIpc) is 3.18. The van der Waals surface area contributed by atoms with Crippen molar-refractivity contribution in [3.05, 3.63) is 23.8 Å². The Balaban J connectivity index is 1.79. The Morgan fingerprint density at radius 3 is 2.73 bits per heavy atom. The number of hydrogen-bond donors (Lipinski definition) is 1. The summed E-state index contributed by atoms with van der Waals surface area (Å²) in [7, 11) is 1.62. The predicted molar refractivity (Wildman–Crippen MR) is 81.1 cm³/mol. The van der Waals surface area contributed by atoms with Crippen LogP contribution in [0.5, 0.6) is 11.5 Å². The molecule has 1 fully saturated rings. The number of amides is 1. The van der Waals surface area contributed by atoms with Crippen LogP contribution in [0.4, 0.5) is 0 Å². The van der Waals surface area contributed by atoms with Crippen molar-refractivity contribution in [2.24, 2.45) is 10.9 Å². The Morgan fingerprint density at radius 1 is 1.32 bits per heavy atom. The fraction of sp³-hybridized carbons (Fsp3) is 0.500. The monoisotopic (exact) mass is 304 g/mol. The third-order valence-corrected chi connectivity index (χ3v) is 4.08. The number of nitrogens with two attached hydrogens (primary N) is 1. The summed E-state index contributed by atoms with van der Waals surface area (Å²) >= 11 is 0. The Hall–Kier alpha value is -2.24. The standard InChI is InChI=1S/C16H20N2O4/c1-20-13-7-6-10(12-9-15(16(17)19)22-18-12)8-14(13)21-11-4-2-3-5-11/h6-8,11,15H,2-5,9H2,1H3,(H2,17,19). The van der Waals surface area contributed by atoms with Crippen LogP contribution in [0.3, 0.4) is 0 Å². The molecule has 22 heavy (non-hydrogen) atoms. The molecule has 1 heterocycles. The Kier molecular flexibility index (Phi) is 4.18. The van der Waals surface area contributed by atoms with Crippen LogP contribution in [0.2, 0.25) is 0 Å². The summed E-state index contributed by atoms with van der Waals surface area (Å²) in [5.41, 5.74) is 6.80. The number of hydrogen-bond acceptors (Lipinski definition) is 5. The van der Waals surface area contributed by atoms with Crippen LogP contribution < -0.4 is 15.2 Å². The quantitative estimate of drug-likeness (QED) is 0.901. The van der Waals surface area contributed by atoms with Crippen molar-refractivity contribution in [3.8, 4) is 11.5 Å². The summed E-state index contributed by atoms with van der Waals surface area (Å²) < 4.78 is 11.4. The Bertz CT molecular complexity index is 594. The van der Waals surface area contributed by atoms with Gasteiger partial charge in [0.1, 0.15) is 0 Å². The number of ether oxygens (including phenoxy) is 2. The van der Waals surface area contributed by atoms with E-state index in [0.717, 1.165) is 18.4 Å². The minimum absolute atomic E-state index is 0.240. The lowest BCUT2D eigenvalue weighted by Crippen LogP contribution is -2.28. The van der Waals surface area contributed by atoms with E-state index in [4.69, 9.17) is 20.0 Å². The topological polar surface area (TPSA) is 83.1 Å². The number of nitrogens with zero attached hydrogens (tertiary/aromatic N) is 1. The van der Waals surface area contributed by atoms with E-state index in [1.165, 1.54) is 12.8 Å². The van der Waals surface area contributed by atoms with Crippen LogP contribution in [0.15, 0.2) is 23.4 Å². The summed E-state index contributed by atoms with van der Waals surface area (Å²) in [6.07, 6.45) is 4.48. The van der Waals surface area contributed by atoms with Gasteiger partial charge in [0.2, 0.25) is 6.10 Å². The summed E-state index contributed by atoms with van der Waals surface area (Å²) in [6.45, 7) is 0. The highest BCUT2D eigenvalue weighted by molar-refractivity contribution is 6.04. The number of oxime groups is 1. The first-order chi connectivity index (χ1) is 10.7. The maximum Gasteiger partial charge on any atom is 0.261 e. The zero-order valence-electron chi connectivity index (χ0n) is 12.6. The molecule has 0 aromatic heterocycles. The van der Waals surface area contributed by atoms with Gasteiger partial charge >= 0.3 is 0 Å². The first kappa shape index (κ1) is 14.7. The van der Waals surface area contributed by atoms with Crippen LogP contribution in [0.1, 0.15) is 37.7 Å². The SMILES string of the molecule is COc1ccc(C2=NOC(C(N)=O)C2)cc1OC1CCCC1. The van der Waals surface area contributed by atoms with Gasteiger partial charge in [-0.25, -0.2) is 0 Å². The number of carbonyl (C=O) groups is 1. The van der Waals surface area contributed by atoms with Crippen LogP contribution in [-0.4, -0.2) is 30.9 Å². The highest BCUT2D eigenvalue weighted by atomic mass is 16.6. The molecule has 118 valence electrons. The molecule has 0 saturated heterocycles. The fourth-order valence-electron chi connectivity index (χ4n) is 2.83. The summed E-state index contributed by atoms with van der Waals surface area (Å²) in [5, 5.41) is 3.96. The van der Waals surface area contributed by atoms with E-state index < -0.39 is 12.0 Å². The summed E-state index contributed by atoms with van der Waals surface area (Å²) in [4.78, 5) is 16.2. The first-order valence-electron chi connectivity index (χ1n) is 7.54. The number of carbonyl (C=O) groups excluding carboxylic acids is 1. The molecule has 1 aromatic carbocycles. The summed E-state index contributed by atoms with van der Waals surface area (Å²) in [6, 6.07) is 5.62. The van der Waals surface area contributed by atoms with Gasteiger partial charge in [0, 0.05) is 12.0 Å². The predicted octanol–water partition coefficient (Wildman–Crippen LogP) is 1.99. The lowest BCUT2D eigenvalue weighted by molar-refractivity contribution is -0.127. The molecular weight excluding hydrogens is 284 g/mol. The zero-order chi connectivity index (χ0) is 15.5. The zero-order valence-corrected chi connectivity index (χ0v) is 12.6. The van der Waals surface area contributed by atoms with E-state index in [9.17, 15) is 4.79 Å². The van der Waals surface area contributed by atoms with Gasteiger partial charge in [-0.15, -0.1) is 0 Å². The van der Waals surface area contributed by atoms with Crippen LogP contribution >= 0.6 is 0 Å². The van der Waals surface area contributed by atoms with Crippen LogP contribution in [-0.2, 0) is 9.63 Å². The molecule has 2 aliphatic rings. The van der Waals surface area contributed by atoms with Crippen molar-refractivity contribution in [1.82, 2.24) is 0 Å². The Morgan fingerprint density at radius 2 is 2.09 bits per heavy atom. The highest BCUT2D eigenvalue weighted by Crippen LogP contribution is 2.33. The van der Waals surface area contributed by atoms with Crippen molar-refractivity contribution in [2.45, 2.75) is 44.3 Å². The number of methoxy groups -OCH3 is 1. The van der Waals surface area contributed by atoms with E-state index in [0.29, 0.717) is 23.6 Å². The second-order valence-corrected chi connectivity index (χ2v) is 5.63. The van der Waals surface area contributed by atoms with Gasteiger partial charge in [-0.1, -0.05) is 5.16 Å². The third-order valence-electron chi connectivity index (χ3n) is 4.08. The molecular formula is C16H20N2O4. The molecule has 3 rings (SSSR count). The second-order valence-electron chi connectivity index (χ2n) is 5.63. The molecule has 0 spiro atoms. The van der Waals surface area contributed by atoms with Gasteiger partial charge in [-0.2, -0.15) is 0 Å². The average molecular weight is 304 g/mol. The third kappa shape index (κ3) is 3.00. The smallest absolute Gasteiger partial charge is 0.261 e. The van der Waals surface area contributed by atoms with Gasteiger partial charge in [-0.3, -0.25) is 4.79 Å². The van der Waals surface area contributed by atoms with E-state index in [2.05, 4.69) is 5.16 Å². The van der Waals surface area contributed by atoms with E-state index >= 15 is 0 Å². The largest absolute Gasteiger partial charge is 0.493 e. The molecule has 1 aliphatic heterocycles. The molecule has 2 N–H and O–H groups in total. The maximum atomic E-state index is 11.2. The van der Waals surface area contributed by atoms with E-state index in [1.807, 2.05) is 18.2 Å². The lowest BCUT2D eigenvalue weighted by atomic mass is 10.0. The minimum atomic E-state index is -0.684. The van der Waals surface area contributed by atoms with E-state index in [-0.39, 0.29) is 6.10 Å².